The molecule has 0 fully saturated rings. The molecule has 2 N–H and O–H groups in total. The van der Waals surface area contributed by atoms with Crippen LogP contribution in [0.15, 0.2) is 31.4 Å². The Balaban J connectivity index is 2.54. The molecule has 2 heterocycles. The first-order valence-corrected chi connectivity index (χ1v) is 9.66. The molecular weight excluding hydrogens is 363 g/mol. The molecule has 0 saturated carbocycles. The maximum atomic E-state index is 12.8. The van der Waals surface area contributed by atoms with Crippen molar-refractivity contribution in [3.8, 4) is 0 Å². The number of allylic oxidation sites excluding steroid dienone is 4. The summed E-state index contributed by atoms with van der Waals surface area (Å²) in [5.74, 6) is 0. The summed E-state index contributed by atoms with van der Waals surface area (Å²) in [6.45, 7) is 3.02. The fourth-order valence-corrected chi connectivity index (χ4v) is 7.53. The van der Waals surface area contributed by atoms with Crippen molar-refractivity contribution < 1.29 is 26.3 Å². The first kappa shape index (κ1) is 15.9. The summed E-state index contributed by atoms with van der Waals surface area (Å²) in [6.07, 6.45) is -8.43. The van der Waals surface area contributed by atoms with Crippen LogP contribution in [0, 0.1) is 0 Å². The standard InChI is InChI=1S/C10H10F6GeN4/c1-5-3-6(2)19-17(18-5)20-7(9(11,12)13)4-8(21-17)10(14,15)16/h3-4,18,20H,1-2H3. The van der Waals surface area contributed by atoms with Crippen LogP contribution in [0.1, 0.15) is 13.8 Å². The molecule has 21 heavy (non-hydrogen) atoms. The van der Waals surface area contributed by atoms with Crippen molar-refractivity contribution >= 4 is 25.6 Å². The molecule has 1 unspecified atom stereocenters. The van der Waals surface area contributed by atoms with E-state index in [0.717, 1.165) is 0 Å². The molecule has 0 aromatic carbocycles. The monoisotopic (exact) mass is 374 g/mol. The van der Waals surface area contributed by atoms with E-state index in [1.54, 1.807) is 0 Å². The summed E-state index contributed by atoms with van der Waals surface area (Å²) in [4.78, 5) is 0. The summed E-state index contributed by atoms with van der Waals surface area (Å²) in [5.41, 5.74) is -2.31. The Morgan fingerprint density at radius 3 is 2.00 bits per heavy atom. The van der Waals surface area contributed by atoms with E-state index in [-0.39, 0.29) is 6.08 Å². The average Bonchev–Trinajstić information content (AvgIpc) is 2.23. The summed E-state index contributed by atoms with van der Waals surface area (Å²) < 4.78 is 88.9. The molecule has 0 aromatic heterocycles. The fourth-order valence-electron chi connectivity index (χ4n) is 1.95. The predicted molar refractivity (Wildman–Crippen MR) is 66.5 cm³/mol. The average molecular weight is 373 g/mol. The molecule has 0 aromatic rings. The molecule has 2 aliphatic rings. The number of nitrogens with zero attached hydrogens (tertiary/aromatic N) is 2. The van der Waals surface area contributed by atoms with Crippen LogP contribution >= 0.6 is 0 Å². The summed E-state index contributed by atoms with van der Waals surface area (Å²) >= 11 is -4.54. The zero-order chi connectivity index (χ0) is 16.1. The molecule has 4 nitrogen and oxygen atoms in total. The van der Waals surface area contributed by atoms with E-state index in [1.165, 1.54) is 19.9 Å². The Labute approximate surface area is 119 Å². The number of nitrogens with one attached hydrogen (secondary N) is 2. The van der Waals surface area contributed by atoms with Crippen LogP contribution < -0.4 is 8.55 Å². The Kier molecular flexibility index (Phi) is 3.63. The number of hydrogen-bond acceptors (Lipinski definition) is 4. The topological polar surface area (TPSA) is 48.8 Å². The van der Waals surface area contributed by atoms with Crippen LogP contribution in [-0.4, -0.2) is 37.9 Å². The Hall–Kier alpha value is -1.46. The van der Waals surface area contributed by atoms with Gasteiger partial charge in [-0.05, 0) is 0 Å². The van der Waals surface area contributed by atoms with E-state index >= 15 is 0 Å². The van der Waals surface area contributed by atoms with Crippen LogP contribution in [-0.2, 0) is 0 Å². The Morgan fingerprint density at radius 1 is 0.905 bits per heavy atom. The number of halogens is 6. The van der Waals surface area contributed by atoms with Gasteiger partial charge in [-0.3, -0.25) is 0 Å². The summed E-state index contributed by atoms with van der Waals surface area (Å²) in [7, 11) is 0. The quantitative estimate of drug-likeness (QED) is 0.507. The molecule has 2 aliphatic heterocycles. The van der Waals surface area contributed by atoms with Gasteiger partial charge in [-0.1, -0.05) is 0 Å². The molecule has 0 amide bonds. The van der Waals surface area contributed by atoms with E-state index in [0.29, 0.717) is 11.4 Å². The van der Waals surface area contributed by atoms with Gasteiger partial charge in [0.1, 0.15) is 0 Å². The van der Waals surface area contributed by atoms with E-state index < -0.39 is 37.9 Å². The molecule has 0 aliphatic carbocycles. The van der Waals surface area contributed by atoms with Gasteiger partial charge in [0.15, 0.2) is 0 Å². The van der Waals surface area contributed by atoms with Crippen LogP contribution in [0.3, 0.4) is 0 Å². The van der Waals surface area contributed by atoms with Crippen LogP contribution in [0.2, 0.25) is 0 Å². The van der Waals surface area contributed by atoms with Crippen molar-refractivity contribution in [2.45, 2.75) is 26.2 Å². The molecule has 2 rings (SSSR count). The SMILES string of the molecule is CC1=CC(C)=[N][Ge]2([N]=C(C(F)(F)F)C=C(C(F)(F)F)[NH]2)[NH]1. The number of rotatable bonds is 0. The van der Waals surface area contributed by atoms with Crippen LogP contribution in [0.4, 0.5) is 26.3 Å². The van der Waals surface area contributed by atoms with Gasteiger partial charge in [-0.25, -0.2) is 0 Å². The van der Waals surface area contributed by atoms with E-state index in [9.17, 15) is 26.3 Å². The zero-order valence-electron chi connectivity index (χ0n) is 10.8. The second-order valence-electron chi connectivity index (χ2n) is 4.55. The molecule has 0 saturated heterocycles. The molecule has 1 atom stereocenters. The zero-order valence-corrected chi connectivity index (χ0v) is 12.9. The summed E-state index contributed by atoms with van der Waals surface area (Å²) in [5, 5.41) is 0. The number of hydrogen-bond donors (Lipinski definition) is 2. The third-order valence-electron chi connectivity index (χ3n) is 2.60. The molecule has 11 heteroatoms. The predicted octanol–water partition coefficient (Wildman–Crippen LogP) is 2.44. The third-order valence-corrected chi connectivity index (χ3v) is 8.06. The van der Waals surface area contributed by atoms with Crippen molar-refractivity contribution in [2.75, 3.05) is 0 Å². The fraction of sp³-hybridized carbons (Fsp3) is 0.400. The van der Waals surface area contributed by atoms with Crippen LogP contribution in [0.25, 0.3) is 0 Å². The van der Waals surface area contributed by atoms with Gasteiger partial charge in [-0.15, -0.1) is 0 Å². The molecule has 1 spiro atoms. The first-order valence-electron chi connectivity index (χ1n) is 5.68. The van der Waals surface area contributed by atoms with Gasteiger partial charge in [0.25, 0.3) is 0 Å². The van der Waals surface area contributed by atoms with Crippen molar-refractivity contribution in [1.82, 2.24) is 8.55 Å². The summed E-state index contributed by atoms with van der Waals surface area (Å²) in [6, 6.07) is 0. The third kappa shape index (κ3) is 3.42. The van der Waals surface area contributed by atoms with Crippen LogP contribution in [0.5, 0.6) is 0 Å². The van der Waals surface area contributed by atoms with Gasteiger partial charge >= 0.3 is 118 Å². The van der Waals surface area contributed by atoms with Crippen molar-refractivity contribution in [3.63, 3.8) is 0 Å². The van der Waals surface area contributed by atoms with Crippen molar-refractivity contribution in [1.29, 1.82) is 0 Å². The van der Waals surface area contributed by atoms with E-state index in [4.69, 9.17) is 0 Å². The number of alkyl halides is 6. The normalized spacial score (nSPS) is 26.3. The van der Waals surface area contributed by atoms with Gasteiger partial charge < -0.3 is 0 Å². The molecule has 116 valence electrons. The Morgan fingerprint density at radius 2 is 1.52 bits per heavy atom. The van der Waals surface area contributed by atoms with Crippen molar-refractivity contribution in [3.05, 3.63) is 23.5 Å². The van der Waals surface area contributed by atoms with E-state index in [1.807, 2.05) is 0 Å². The molecular formula is C10H10F6GeN4. The maximum absolute atomic E-state index is 12.8. The van der Waals surface area contributed by atoms with Gasteiger partial charge in [0.05, 0.1) is 0 Å². The van der Waals surface area contributed by atoms with Gasteiger partial charge in [0, 0.05) is 0 Å². The Bertz CT molecular complexity index is 585. The van der Waals surface area contributed by atoms with Gasteiger partial charge in [-0.2, -0.15) is 0 Å². The second kappa shape index (κ2) is 4.78. The first-order chi connectivity index (χ1) is 9.41. The van der Waals surface area contributed by atoms with E-state index in [2.05, 4.69) is 16.4 Å². The second-order valence-corrected chi connectivity index (χ2v) is 9.36. The molecule has 0 bridgehead atoms. The molecule has 0 radical (unpaired) electrons. The minimum absolute atomic E-state index is 0.0311. The minimum atomic E-state index is -4.98. The van der Waals surface area contributed by atoms with Crippen molar-refractivity contribution in [2.24, 2.45) is 7.90 Å². The van der Waals surface area contributed by atoms with Gasteiger partial charge in [0.2, 0.25) is 0 Å².